The predicted octanol–water partition coefficient (Wildman–Crippen LogP) is 2.76. The van der Waals surface area contributed by atoms with Crippen molar-refractivity contribution in [1.29, 1.82) is 0 Å². The van der Waals surface area contributed by atoms with E-state index < -0.39 is 12.0 Å². The molecule has 0 radical (unpaired) electrons. The number of hydrogen-bond donors (Lipinski definition) is 1. The molecule has 2 aromatic rings. The number of carbonyl (C=O) groups is 2. The van der Waals surface area contributed by atoms with Crippen LogP contribution in [-0.2, 0) is 23.1 Å². The molecule has 8 heteroatoms. The van der Waals surface area contributed by atoms with Crippen LogP contribution >= 0.6 is 0 Å². The second-order valence-corrected chi connectivity index (χ2v) is 7.67. The van der Waals surface area contributed by atoms with Gasteiger partial charge in [0, 0.05) is 43.6 Å². The Hall–Kier alpha value is -3.13. The molecule has 0 fully saturated rings. The van der Waals surface area contributed by atoms with E-state index in [0.29, 0.717) is 30.9 Å². The smallest absolute Gasteiger partial charge is 0.338 e. The maximum absolute atomic E-state index is 13.1. The summed E-state index contributed by atoms with van der Waals surface area (Å²) in [5, 5.41) is 7.29. The number of urea groups is 1. The summed E-state index contributed by atoms with van der Waals surface area (Å²) in [5.74, 6) is -0.407. The van der Waals surface area contributed by atoms with Crippen LogP contribution in [0, 0.1) is 6.92 Å². The van der Waals surface area contributed by atoms with Gasteiger partial charge in [-0.25, -0.2) is 9.59 Å². The van der Waals surface area contributed by atoms with Crippen molar-refractivity contribution >= 4 is 12.0 Å². The number of ether oxygens (including phenoxy) is 1. The minimum absolute atomic E-state index is 0.217. The second kappa shape index (κ2) is 9.78. The number of benzene rings is 1. The molecule has 3 rings (SSSR count). The molecular formula is C23H31N5O3. The molecule has 0 bridgehead atoms. The fraction of sp³-hybridized carbons (Fsp3) is 0.435. The highest BCUT2D eigenvalue weighted by Crippen LogP contribution is 2.32. The maximum Gasteiger partial charge on any atom is 0.338 e. The molecule has 2 amide bonds. The van der Waals surface area contributed by atoms with E-state index in [4.69, 9.17) is 4.74 Å². The van der Waals surface area contributed by atoms with E-state index in [9.17, 15) is 9.59 Å². The van der Waals surface area contributed by atoms with Crippen molar-refractivity contribution < 1.29 is 14.3 Å². The lowest BCUT2D eigenvalue weighted by atomic mass is 9.94. The van der Waals surface area contributed by atoms with Crippen LogP contribution in [-0.4, -0.2) is 58.3 Å². The van der Waals surface area contributed by atoms with Crippen molar-refractivity contribution in [3.05, 3.63) is 64.6 Å². The van der Waals surface area contributed by atoms with Crippen molar-refractivity contribution in [1.82, 2.24) is 24.9 Å². The van der Waals surface area contributed by atoms with Crippen LogP contribution in [0.25, 0.3) is 0 Å². The second-order valence-electron chi connectivity index (χ2n) is 7.67. The van der Waals surface area contributed by atoms with Gasteiger partial charge >= 0.3 is 12.0 Å². The van der Waals surface area contributed by atoms with E-state index in [1.165, 1.54) is 0 Å². The van der Waals surface area contributed by atoms with Gasteiger partial charge in [0.1, 0.15) is 0 Å². The number of esters is 1. The molecule has 0 spiro atoms. The molecule has 0 aliphatic carbocycles. The SMILES string of the molecule is CCOC(=O)C1=C(CN(C)Cc2cnn(C)c2C)N(CC)C(=O)NC1c1ccccc1. The third-order valence-corrected chi connectivity index (χ3v) is 5.58. The van der Waals surface area contributed by atoms with Crippen LogP contribution < -0.4 is 5.32 Å². The first kappa shape index (κ1) is 22.6. The first-order valence-corrected chi connectivity index (χ1v) is 10.6. The fourth-order valence-electron chi connectivity index (χ4n) is 3.85. The summed E-state index contributed by atoms with van der Waals surface area (Å²) in [7, 11) is 3.88. The van der Waals surface area contributed by atoms with Crippen molar-refractivity contribution in [3.8, 4) is 0 Å². The van der Waals surface area contributed by atoms with Gasteiger partial charge in [0.25, 0.3) is 0 Å². The lowest BCUT2D eigenvalue weighted by Crippen LogP contribution is -2.50. The average molecular weight is 426 g/mol. The molecule has 0 saturated heterocycles. The molecule has 31 heavy (non-hydrogen) atoms. The molecule has 1 aliphatic rings. The number of aromatic nitrogens is 2. The molecule has 1 aromatic heterocycles. The largest absolute Gasteiger partial charge is 0.463 e. The fourth-order valence-corrected chi connectivity index (χ4v) is 3.85. The zero-order valence-corrected chi connectivity index (χ0v) is 18.9. The van der Waals surface area contributed by atoms with Crippen molar-refractivity contribution in [3.63, 3.8) is 0 Å². The van der Waals surface area contributed by atoms with Crippen molar-refractivity contribution in [2.24, 2.45) is 7.05 Å². The van der Waals surface area contributed by atoms with Gasteiger partial charge < -0.3 is 10.1 Å². The highest BCUT2D eigenvalue weighted by Gasteiger charge is 2.37. The normalized spacial score (nSPS) is 16.6. The molecule has 0 saturated carbocycles. The summed E-state index contributed by atoms with van der Waals surface area (Å²) in [4.78, 5) is 29.7. The summed E-state index contributed by atoms with van der Waals surface area (Å²) in [6.45, 7) is 7.49. The first-order chi connectivity index (χ1) is 14.9. The Labute approximate surface area is 183 Å². The highest BCUT2D eigenvalue weighted by atomic mass is 16.5. The Kier molecular flexibility index (Phi) is 7.12. The van der Waals surface area contributed by atoms with E-state index in [0.717, 1.165) is 16.8 Å². The van der Waals surface area contributed by atoms with Gasteiger partial charge in [-0.1, -0.05) is 30.3 Å². The summed E-state index contributed by atoms with van der Waals surface area (Å²) < 4.78 is 7.24. The average Bonchev–Trinajstić information content (AvgIpc) is 3.06. The lowest BCUT2D eigenvalue weighted by Gasteiger charge is -2.37. The van der Waals surface area contributed by atoms with Gasteiger partial charge in [-0.3, -0.25) is 14.5 Å². The molecule has 166 valence electrons. The minimum atomic E-state index is -0.556. The standard InChI is InChI=1S/C23H31N5O3/c1-6-28-19(15-26(4)14-18-13-24-27(5)16(18)3)20(22(29)31-7-2)21(25-23(28)30)17-11-9-8-10-12-17/h8-13,21H,6-7,14-15H2,1-5H3,(H,25,30). The Morgan fingerprint density at radius 1 is 1.23 bits per heavy atom. The van der Waals surface area contributed by atoms with Crippen molar-refractivity contribution in [2.75, 3.05) is 26.7 Å². The van der Waals surface area contributed by atoms with Crippen LogP contribution in [0.4, 0.5) is 4.79 Å². The first-order valence-electron chi connectivity index (χ1n) is 10.6. The summed E-state index contributed by atoms with van der Waals surface area (Å²) >= 11 is 0. The monoisotopic (exact) mass is 425 g/mol. The van der Waals surface area contributed by atoms with Gasteiger partial charge in [-0.15, -0.1) is 0 Å². The van der Waals surface area contributed by atoms with Gasteiger partial charge in [-0.05, 0) is 33.4 Å². The van der Waals surface area contributed by atoms with E-state index in [1.807, 2.05) is 69.2 Å². The van der Waals surface area contributed by atoms with E-state index in [-0.39, 0.29) is 12.6 Å². The predicted molar refractivity (Wildman–Crippen MR) is 118 cm³/mol. The Morgan fingerprint density at radius 2 is 1.94 bits per heavy atom. The number of rotatable bonds is 8. The number of nitrogens with zero attached hydrogens (tertiary/aromatic N) is 4. The van der Waals surface area contributed by atoms with Gasteiger partial charge in [0.05, 0.1) is 24.4 Å². The molecular weight excluding hydrogens is 394 g/mol. The summed E-state index contributed by atoms with van der Waals surface area (Å²) in [6.07, 6.45) is 1.85. The third-order valence-electron chi connectivity index (χ3n) is 5.58. The van der Waals surface area contributed by atoms with Gasteiger partial charge in [-0.2, -0.15) is 5.10 Å². The van der Waals surface area contributed by atoms with E-state index >= 15 is 0 Å². The van der Waals surface area contributed by atoms with Crippen LogP contribution in [0.2, 0.25) is 0 Å². The topological polar surface area (TPSA) is 79.7 Å². The van der Waals surface area contributed by atoms with Crippen LogP contribution in [0.3, 0.4) is 0 Å². The number of amides is 2. The van der Waals surface area contributed by atoms with Gasteiger partial charge in [0.2, 0.25) is 0 Å². The molecule has 1 atom stereocenters. The van der Waals surface area contributed by atoms with E-state index in [1.54, 1.807) is 11.8 Å². The number of aryl methyl sites for hydroxylation is 1. The zero-order valence-electron chi connectivity index (χ0n) is 18.9. The zero-order chi connectivity index (χ0) is 22.5. The molecule has 2 heterocycles. The molecule has 1 N–H and O–H groups in total. The number of carbonyl (C=O) groups excluding carboxylic acids is 2. The summed E-state index contributed by atoms with van der Waals surface area (Å²) in [5.41, 5.74) is 4.18. The van der Waals surface area contributed by atoms with Crippen LogP contribution in [0.1, 0.15) is 36.7 Å². The Balaban J connectivity index is 2.02. The van der Waals surface area contributed by atoms with Crippen molar-refractivity contribution in [2.45, 2.75) is 33.4 Å². The lowest BCUT2D eigenvalue weighted by molar-refractivity contribution is -0.139. The molecule has 1 aromatic carbocycles. The van der Waals surface area contributed by atoms with Crippen LogP contribution in [0.5, 0.6) is 0 Å². The highest BCUT2D eigenvalue weighted by molar-refractivity contribution is 5.95. The van der Waals surface area contributed by atoms with Gasteiger partial charge in [0.15, 0.2) is 0 Å². The molecule has 8 nitrogen and oxygen atoms in total. The maximum atomic E-state index is 13.1. The quantitative estimate of drug-likeness (QED) is 0.658. The Morgan fingerprint density at radius 3 is 2.52 bits per heavy atom. The minimum Gasteiger partial charge on any atom is -0.463 e. The summed E-state index contributed by atoms with van der Waals surface area (Å²) in [6, 6.07) is 8.74. The number of hydrogen-bond acceptors (Lipinski definition) is 5. The Bertz CT molecular complexity index is 967. The molecule has 1 aliphatic heterocycles. The number of nitrogens with one attached hydrogen (secondary N) is 1. The third kappa shape index (κ3) is 4.80. The van der Waals surface area contributed by atoms with E-state index in [2.05, 4.69) is 15.3 Å². The molecule has 1 unspecified atom stereocenters. The van der Waals surface area contributed by atoms with Crippen LogP contribution in [0.15, 0.2) is 47.8 Å². The number of likely N-dealkylation sites (N-methyl/N-ethyl adjacent to an activating group) is 2.